The van der Waals surface area contributed by atoms with E-state index in [1.807, 2.05) is 31.2 Å². The van der Waals surface area contributed by atoms with Crippen LogP contribution in [0.4, 0.5) is 5.69 Å². The molecule has 3 aromatic rings. The summed E-state index contributed by atoms with van der Waals surface area (Å²) < 4.78 is 7.00. The van der Waals surface area contributed by atoms with Gasteiger partial charge in [0.05, 0.1) is 18.4 Å². The van der Waals surface area contributed by atoms with Gasteiger partial charge in [-0.05, 0) is 13.0 Å². The highest BCUT2D eigenvalue weighted by Gasteiger charge is 2.11. The van der Waals surface area contributed by atoms with E-state index in [9.17, 15) is 4.79 Å². The summed E-state index contributed by atoms with van der Waals surface area (Å²) in [6.45, 7) is 2.45. The van der Waals surface area contributed by atoms with Gasteiger partial charge in [-0.2, -0.15) is 5.10 Å². The Morgan fingerprint density at radius 1 is 1.38 bits per heavy atom. The average molecular weight is 304 g/mol. The lowest BCUT2D eigenvalue weighted by Gasteiger charge is -2.07. The summed E-state index contributed by atoms with van der Waals surface area (Å²) in [4.78, 5) is 11.7. The van der Waals surface area contributed by atoms with Crippen LogP contribution in [0.25, 0.3) is 11.0 Å². The van der Waals surface area contributed by atoms with Crippen molar-refractivity contribution in [1.29, 1.82) is 0 Å². The molecule has 3 rings (SSSR count). The lowest BCUT2D eigenvalue weighted by Crippen LogP contribution is -2.21. The highest BCUT2D eigenvalue weighted by atomic mass is 35.5. The van der Waals surface area contributed by atoms with E-state index in [4.69, 9.17) is 16.0 Å². The predicted molar refractivity (Wildman–Crippen MR) is 82.8 cm³/mol. The second kappa shape index (κ2) is 5.26. The normalized spacial score (nSPS) is 11.0. The van der Waals surface area contributed by atoms with Crippen molar-refractivity contribution in [3.63, 3.8) is 0 Å². The first-order valence-electron chi connectivity index (χ1n) is 6.50. The van der Waals surface area contributed by atoms with E-state index in [2.05, 4.69) is 10.4 Å². The molecular weight excluding hydrogens is 290 g/mol. The van der Waals surface area contributed by atoms with Crippen LogP contribution < -0.4 is 10.9 Å². The fourth-order valence-corrected chi connectivity index (χ4v) is 2.44. The Labute approximate surface area is 126 Å². The van der Waals surface area contributed by atoms with Crippen LogP contribution >= 0.6 is 11.6 Å². The van der Waals surface area contributed by atoms with Gasteiger partial charge in [-0.25, -0.2) is 4.68 Å². The van der Waals surface area contributed by atoms with E-state index in [1.54, 1.807) is 7.05 Å². The smallest absolute Gasteiger partial charge is 0.287 e. The number of fused-ring (bicyclic) bond motifs is 1. The lowest BCUT2D eigenvalue weighted by molar-refractivity contribution is 0.555. The summed E-state index contributed by atoms with van der Waals surface area (Å²) in [7, 11) is 1.56. The third kappa shape index (κ3) is 2.40. The molecule has 6 heteroatoms. The summed E-state index contributed by atoms with van der Waals surface area (Å²) >= 11 is 6.02. The van der Waals surface area contributed by atoms with E-state index in [0.29, 0.717) is 12.2 Å². The Bertz CT molecular complexity index is 867. The van der Waals surface area contributed by atoms with Gasteiger partial charge in [0, 0.05) is 18.0 Å². The summed E-state index contributed by atoms with van der Waals surface area (Å²) in [6, 6.07) is 7.86. The highest BCUT2D eigenvalue weighted by molar-refractivity contribution is 6.32. The summed E-state index contributed by atoms with van der Waals surface area (Å²) in [5, 5.41) is 8.25. The molecule has 5 nitrogen and oxygen atoms in total. The van der Waals surface area contributed by atoms with Crippen LogP contribution in [-0.2, 0) is 13.6 Å². The van der Waals surface area contributed by atoms with E-state index < -0.39 is 0 Å². The summed E-state index contributed by atoms with van der Waals surface area (Å²) in [5.74, 6) is 0.813. The Morgan fingerprint density at radius 3 is 2.90 bits per heavy atom. The molecule has 2 heterocycles. The van der Waals surface area contributed by atoms with Crippen molar-refractivity contribution in [1.82, 2.24) is 9.78 Å². The van der Waals surface area contributed by atoms with Crippen LogP contribution in [-0.4, -0.2) is 9.78 Å². The first-order valence-corrected chi connectivity index (χ1v) is 6.88. The molecule has 0 saturated carbocycles. The molecule has 0 aliphatic carbocycles. The third-order valence-electron chi connectivity index (χ3n) is 3.46. The van der Waals surface area contributed by atoms with Gasteiger partial charge in [0.2, 0.25) is 0 Å². The van der Waals surface area contributed by atoms with Gasteiger partial charge in [0.15, 0.2) is 0 Å². The molecule has 2 aromatic heterocycles. The number of halogens is 1. The minimum Gasteiger partial charge on any atom is -0.459 e. The maximum Gasteiger partial charge on any atom is 0.287 e. The number of hydrogen-bond acceptors (Lipinski definition) is 4. The van der Waals surface area contributed by atoms with Crippen molar-refractivity contribution in [2.75, 3.05) is 5.32 Å². The minimum atomic E-state index is -0.331. The fraction of sp³-hybridized carbons (Fsp3) is 0.200. The first-order chi connectivity index (χ1) is 10.1. The molecule has 0 unspecified atom stereocenters. The summed E-state index contributed by atoms with van der Waals surface area (Å²) in [6.07, 6.45) is 1.53. The Balaban J connectivity index is 1.89. The second-order valence-electron chi connectivity index (χ2n) is 4.80. The molecule has 0 radical (unpaired) electrons. The standard InChI is InChI=1S/C15H14ClN3O2/c1-9-10-5-3-4-6-12(10)21-13(9)8-17-11-7-18-19(2)15(20)14(11)16/h3-7,17H,8H2,1-2H3. The number of nitrogens with one attached hydrogen (secondary N) is 1. The zero-order valence-corrected chi connectivity index (χ0v) is 12.4. The van der Waals surface area contributed by atoms with Crippen LogP contribution in [0.3, 0.4) is 0 Å². The number of hydrogen-bond donors (Lipinski definition) is 1. The number of furan rings is 1. The number of aromatic nitrogens is 2. The zero-order valence-electron chi connectivity index (χ0n) is 11.7. The van der Waals surface area contributed by atoms with Gasteiger partial charge < -0.3 is 9.73 Å². The molecule has 0 amide bonds. The molecule has 0 aliphatic rings. The van der Waals surface area contributed by atoms with Crippen LogP contribution in [0.2, 0.25) is 5.02 Å². The van der Waals surface area contributed by atoms with Crippen LogP contribution in [0.5, 0.6) is 0 Å². The first kappa shape index (κ1) is 13.7. The van der Waals surface area contributed by atoms with Crippen molar-refractivity contribution in [3.05, 3.63) is 57.2 Å². The SMILES string of the molecule is Cc1c(CNc2cnn(C)c(=O)c2Cl)oc2ccccc12. The van der Waals surface area contributed by atoms with Crippen molar-refractivity contribution in [3.8, 4) is 0 Å². The molecule has 108 valence electrons. The monoisotopic (exact) mass is 303 g/mol. The van der Waals surface area contributed by atoms with Gasteiger partial charge in [-0.15, -0.1) is 0 Å². The molecule has 0 atom stereocenters. The number of para-hydroxylation sites is 1. The second-order valence-corrected chi connectivity index (χ2v) is 5.18. The third-order valence-corrected chi connectivity index (χ3v) is 3.83. The average Bonchev–Trinajstić information content (AvgIpc) is 2.81. The Hall–Kier alpha value is -2.27. The number of anilines is 1. The quantitative estimate of drug-likeness (QED) is 0.807. The van der Waals surface area contributed by atoms with Gasteiger partial charge in [-0.3, -0.25) is 4.79 Å². The zero-order chi connectivity index (χ0) is 15.0. The summed E-state index contributed by atoms with van der Waals surface area (Å²) in [5.41, 5.74) is 2.09. The number of benzene rings is 1. The molecule has 1 aromatic carbocycles. The largest absolute Gasteiger partial charge is 0.459 e. The Kier molecular flexibility index (Phi) is 3.43. The van der Waals surface area contributed by atoms with Crippen molar-refractivity contribution in [2.24, 2.45) is 7.05 Å². The Morgan fingerprint density at radius 2 is 2.14 bits per heavy atom. The maximum absolute atomic E-state index is 11.7. The molecule has 0 fully saturated rings. The molecule has 21 heavy (non-hydrogen) atoms. The number of aryl methyl sites for hydroxylation is 2. The van der Waals surface area contributed by atoms with Crippen molar-refractivity contribution in [2.45, 2.75) is 13.5 Å². The van der Waals surface area contributed by atoms with E-state index in [-0.39, 0.29) is 10.6 Å². The van der Waals surface area contributed by atoms with Gasteiger partial charge >= 0.3 is 0 Å². The number of nitrogens with zero attached hydrogens (tertiary/aromatic N) is 2. The molecule has 0 bridgehead atoms. The van der Waals surface area contributed by atoms with Gasteiger partial charge in [-0.1, -0.05) is 29.8 Å². The molecule has 0 spiro atoms. The van der Waals surface area contributed by atoms with E-state index >= 15 is 0 Å². The molecular formula is C15H14ClN3O2. The van der Waals surface area contributed by atoms with Crippen LogP contribution in [0.15, 0.2) is 39.7 Å². The van der Waals surface area contributed by atoms with E-state index in [1.165, 1.54) is 10.9 Å². The minimum absolute atomic E-state index is 0.126. The molecule has 0 aliphatic heterocycles. The van der Waals surface area contributed by atoms with E-state index in [0.717, 1.165) is 22.3 Å². The topological polar surface area (TPSA) is 60.1 Å². The fourth-order valence-electron chi connectivity index (χ4n) is 2.20. The molecule has 1 N–H and O–H groups in total. The van der Waals surface area contributed by atoms with Crippen molar-refractivity contribution < 1.29 is 4.42 Å². The maximum atomic E-state index is 11.7. The van der Waals surface area contributed by atoms with Crippen LogP contribution in [0.1, 0.15) is 11.3 Å². The van der Waals surface area contributed by atoms with Gasteiger partial charge in [0.1, 0.15) is 16.4 Å². The number of rotatable bonds is 3. The predicted octanol–water partition coefficient (Wildman–Crippen LogP) is 3.10. The van der Waals surface area contributed by atoms with Gasteiger partial charge in [0.25, 0.3) is 5.56 Å². The van der Waals surface area contributed by atoms with Crippen LogP contribution in [0, 0.1) is 6.92 Å². The lowest BCUT2D eigenvalue weighted by atomic mass is 10.1. The molecule has 0 saturated heterocycles. The van der Waals surface area contributed by atoms with Crippen molar-refractivity contribution >= 4 is 28.3 Å². The highest BCUT2D eigenvalue weighted by Crippen LogP contribution is 2.26.